The molecule has 1 aliphatic rings. The quantitative estimate of drug-likeness (QED) is 0.561. The lowest BCUT2D eigenvalue weighted by atomic mass is 10.1. The zero-order valence-corrected chi connectivity index (χ0v) is 7.53. The average Bonchev–Trinajstić information content (AvgIpc) is 2.33. The van der Waals surface area contributed by atoms with E-state index in [1.54, 1.807) is 0 Å². The molecule has 1 fully saturated rings. The molecule has 0 amide bonds. The number of nitrogens with zero attached hydrogens (tertiary/aromatic N) is 1. The van der Waals surface area contributed by atoms with E-state index < -0.39 is 0 Å². The Morgan fingerprint density at radius 1 is 1.40 bits per heavy atom. The summed E-state index contributed by atoms with van der Waals surface area (Å²) in [6, 6.07) is 0.720. The monoisotopic (exact) mass is 157 g/mol. The fraction of sp³-hybridized carbons (Fsp3) is 0.875. The predicted octanol–water partition coefficient (Wildman–Crippen LogP) is 1.72. The van der Waals surface area contributed by atoms with E-state index >= 15 is 0 Å². The largest absolute Gasteiger partial charge is 0.306 e. The van der Waals surface area contributed by atoms with E-state index in [9.17, 15) is 0 Å². The molecular weight excluding hydrogens is 142 g/mol. The summed E-state index contributed by atoms with van der Waals surface area (Å²) >= 11 is 4.96. The van der Waals surface area contributed by atoms with E-state index in [1.807, 2.05) is 5.37 Å². The molecule has 0 aromatic heterocycles. The van der Waals surface area contributed by atoms with Gasteiger partial charge in [-0.3, -0.25) is 0 Å². The first kappa shape index (κ1) is 8.15. The van der Waals surface area contributed by atoms with E-state index in [1.165, 1.54) is 19.3 Å². The molecule has 2 atom stereocenters. The second-order valence-electron chi connectivity index (χ2n) is 3.26. The number of hydrogen-bond acceptors (Lipinski definition) is 2. The van der Waals surface area contributed by atoms with Crippen LogP contribution in [0.1, 0.15) is 19.3 Å². The molecule has 0 radical (unpaired) electrons. The van der Waals surface area contributed by atoms with Crippen molar-refractivity contribution in [1.29, 1.82) is 0 Å². The Kier molecular flexibility index (Phi) is 2.81. The Balaban J connectivity index is 2.49. The number of rotatable bonds is 2. The number of thiocarbonyl (C=S) groups is 1. The highest BCUT2D eigenvalue weighted by molar-refractivity contribution is 7.79. The highest BCUT2D eigenvalue weighted by atomic mass is 32.1. The van der Waals surface area contributed by atoms with Crippen LogP contribution >= 0.6 is 12.2 Å². The van der Waals surface area contributed by atoms with Crippen LogP contribution in [0.15, 0.2) is 0 Å². The lowest BCUT2D eigenvalue weighted by Gasteiger charge is -2.22. The third-order valence-electron chi connectivity index (χ3n) is 2.37. The lowest BCUT2D eigenvalue weighted by molar-refractivity contribution is 0.276. The minimum Gasteiger partial charge on any atom is -0.306 e. The van der Waals surface area contributed by atoms with Gasteiger partial charge >= 0.3 is 0 Å². The first-order valence-corrected chi connectivity index (χ1v) is 4.34. The van der Waals surface area contributed by atoms with Crippen LogP contribution in [0.2, 0.25) is 0 Å². The Morgan fingerprint density at radius 2 is 2.10 bits per heavy atom. The normalized spacial score (nSPS) is 33.1. The minimum absolute atomic E-state index is 0.671. The molecule has 0 heterocycles. The van der Waals surface area contributed by atoms with Gasteiger partial charge < -0.3 is 4.90 Å². The zero-order valence-electron chi connectivity index (χ0n) is 6.71. The van der Waals surface area contributed by atoms with Crippen LogP contribution in [0.3, 0.4) is 0 Å². The van der Waals surface area contributed by atoms with Crippen molar-refractivity contribution >= 4 is 17.6 Å². The molecule has 0 spiro atoms. The SMILES string of the molecule is CN(C)C1CCCC1C=S. The smallest absolute Gasteiger partial charge is 0.0160 e. The summed E-state index contributed by atoms with van der Waals surface area (Å²) in [4.78, 5) is 2.29. The molecule has 0 N–H and O–H groups in total. The van der Waals surface area contributed by atoms with Gasteiger partial charge in [0, 0.05) is 12.0 Å². The Hall–Kier alpha value is 0.0500. The van der Waals surface area contributed by atoms with Crippen molar-refractivity contribution in [3.05, 3.63) is 0 Å². The molecule has 1 nitrogen and oxygen atoms in total. The molecule has 0 aromatic carbocycles. The molecule has 0 aliphatic heterocycles. The summed E-state index contributed by atoms with van der Waals surface area (Å²) in [5.41, 5.74) is 0. The van der Waals surface area contributed by atoms with Crippen molar-refractivity contribution in [3.8, 4) is 0 Å². The maximum atomic E-state index is 4.96. The predicted molar refractivity (Wildman–Crippen MR) is 48.5 cm³/mol. The van der Waals surface area contributed by atoms with Gasteiger partial charge in [0.15, 0.2) is 0 Å². The van der Waals surface area contributed by atoms with Crippen LogP contribution in [0.25, 0.3) is 0 Å². The van der Waals surface area contributed by atoms with Gasteiger partial charge in [0.25, 0.3) is 0 Å². The van der Waals surface area contributed by atoms with E-state index in [0.29, 0.717) is 5.92 Å². The lowest BCUT2D eigenvalue weighted by Crippen LogP contribution is -2.31. The zero-order chi connectivity index (χ0) is 7.56. The van der Waals surface area contributed by atoms with Crippen molar-refractivity contribution in [2.75, 3.05) is 14.1 Å². The Morgan fingerprint density at radius 3 is 2.50 bits per heavy atom. The van der Waals surface area contributed by atoms with Crippen LogP contribution in [0, 0.1) is 5.92 Å². The summed E-state index contributed by atoms with van der Waals surface area (Å²) in [6.45, 7) is 0. The van der Waals surface area contributed by atoms with Gasteiger partial charge in [0.05, 0.1) is 0 Å². The molecule has 1 aliphatic carbocycles. The average molecular weight is 157 g/mol. The van der Waals surface area contributed by atoms with Crippen molar-refractivity contribution < 1.29 is 0 Å². The van der Waals surface area contributed by atoms with Gasteiger partial charge in [0.1, 0.15) is 0 Å². The van der Waals surface area contributed by atoms with Crippen molar-refractivity contribution in [2.45, 2.75) is 25.3 Å². The standard InChI is InChI=1S/C8H15NS/c1-9(2)8-5-3-4-7(8)6-10/h6-8H,3-5H2,1-2H3. The molecule has 1 rings (SSSR count). The van der Waals surface area contributed by atoms with Crippen LogP contribution in [-0.4, -0.2) is 30.4 Å². The maximum Gasteiger partial charge on any atom is 0.0160 e. The highest BCUT2D eigenvalue weighted by Gasteiger charge is 2.26. The molecule has 0 saturated heterocycles. The Labute approximate surface area is 68.4 Å². The van der Waals surface area contributed by atoms with Crippen LogP contribution in [-0.2, 0) is 0 Å². The van der Waals surface area contributed by atoms with Crippen LogP contribution in [0.5, 0.6) is 0 Å². The minimum atomic E-state index is 0.671. The van der Waals surface area contributed by atoms with Crippen molar-refractivity contribution in [2.24, 2.45) is 5.92 Å². The van der Waals surface area contributed by atoms with E-state index in [0.717, 1.165) is 6.04 Å². The van der Waals surface area contributed by atoms with Gasteiger partial charge in [-0.15, -0.1) is 0 Å². The van der Waals surface area contributed by atoms with Gasteiger partial charge in [-0.1, -0.05) is 18.6 Å². The van der Waals surface area contributed by atoms with E-state index in [4.69, 9.17) is 12.2 Å². The van der Waals surface area contributed by atoms with Gasteiger partial charge in [0.2, 0.25) is 0 Å². The molecular formula is C8H15NS. The molecule has 2 heteroatoms. The maximum absolute atomic E-state index is 4.96. The second kappa shape index (κ2) is 3.44. The molecule has 0 aromatic rings. The van der Waals surface area contributed by atoms with Crippen LogP contribution < -0.4 is 0 Å². The highest BCUT2D eigenvalue weighted by Crippen LogP contribution is 2.26. The topological polar surface area (TPSA) is 3.24 Å². The molecule has 0 bridgehead atoms. The summed E-state index contributed by atoms with van der Waals surface area (Å²) in [5.74, 6) is 0.671. The molecule has 1 saturated carbocycles. The fourth-order valence-electron chi connectivity index (χ4n) is 1.77. The summed E-state index contributed by atoms with van der Waals surface area (Å²) < 4.78 is 0. The molecule has 10 heavy (non-hydrogen) atoms. The second-order valence-corrected chi connectivity index (χ2v) is 3.53. The fourth-order valence-corrected chi connectivity index (χ4v) is 2.09. The summed E-state index contributed by atoms with van der Waals surface area (Å²) in [5, 5.41) is 1.94. The molecule has 58 valence electrons. The van der Waals surface area contributed by atoms with Crippen LogP contribution in [0.4, 0.5) is 0 Å². The van der Waals surface area contributed by atoms with Gasteiger partial charge in [-0.25, -0.2) is 0 Å². The van der Waals surface area contributed by atoms with E-state index in [2.05, 4.69) is 19.0 Å². The van der Waals surface area contributed by atoms with Gasteiger partial charge in [-0.05, 0) is 32.3 Å². The third-order valence-corrected chi connectivity index (χ3v) is 2.72. The first-order chi connectivity index (χ1) is 4.75. The van der Waals surface area contributed by atoms with Gasteiger partial charge in [-0.2, -0.15) is 0 Å². The van der Waals surface area contributed by atoms with Crippen molar-refractivity contribution in [1.82, 2.24) is 4.90 Å². The summed E-state index contributed by atoms with van der Waals surface area (Å²) in [7, 11) is 4.28. The van der Waals surface area contributed by atoms with Crippen molar-refractivity contribution in [3.63, 3.8) is 0 Å². The third kappa shape index (κ3) is 1.55. The molecule has 2 unspecified atom stereocenters. The van der Waals surface area contributed by atoms with E-state index in [-0.39, 0.29) is 0 Å². The first-order valence-electron chi connectivity index (χ1n) is 3.87. The number of hydrogen-bond donors (Lipinski definition) is 0. The summed E-state index contributed by atoms with van der Waals surface area (Å²) in [6.07, 6.45) is 3.97. The Bertz CT molecular complexity index is 122.